The lowest BCUT2D eigenvalue weighted by molar-refractivity contribution is -0.277. The minimum Gasteiger partial charge on any atom is -0.448 e. The Morgan fingerprint density at radius 2 is 1.69 bits per heavy atom. The Bertz CT molecular complexity index is 1260. The first kappa shape index (κ1) is 46.0. The van der Waals surface area contributed by atoms with Gasteiger partial charge in [0.15, 0.2) is 20.0 Å². The Balaban J connectivity index is 2.42. The third-order valence-corrected chi connectivity index (χ3v) is 22.0. The van der Waals surface area contributed by atoms with E-state index in [1.54, 1.807) is 20.5 Å². The second-order valence-corrected chi connectivity index (χ2v) is 26.0. The van der Waals surface area contributed by atoms with Crippen molar-refractivity contribution in [3.8, 4) is 0 Å². The largest absolute Gasteiger partial charge is 0.448 e. The maximum absolute atomic E-state index is 11.6. The highest BCUT2D eigenvalue weighted by Crippen LogP contribution is 2.43. The van der Waals surface area contributed by atoms with Crippen molar-refractivity contribution in [2.24, 2.45) is 0 Å². The molecule has 0 unspecified atom stereocenters. The molecule has 8 nitrogen and oxygen atoms in total. The van der Waals surface area contributed by atoms with Crippen molar-refractivity contribution in [2.75, 3.05) is 20.8 Å². The number of oxazole rings is 1. The van der Waals surface area contributed by atoms with Crippen LogP contribution in [0.25, 0.3) is 6.08 Å². The predicted molar refractivity (Wildman–Crippen MR) is 219 cm³/mol. The van der Waals surface area contributed by atoms with Crippen LogP contribution in [0.5, 0.6) is 0 Å². The number of hydrogen-bond acceptors (Lipinski definition) is 8. The molecule has 0 aliphatic carbocycles. The molecule has 0 saturated carbocycles. The lowest BCUT2D eigenvalue weighted by Gasteiger charge is -2.48. The molecule has 51 heavy (non-hydrogen) atoms. The van der Waals surface area contributed by atoms with E-state index in [-0.39, 0.29) is 12.2 Å². The van der Waals surface area contributed by atoms with Crippen molar-refractivity contribution in [3.63, 3.8) is 0 Å². The molecule has 0 radical (unpaired) electrons. The summed E-state index contributed by atoms with van der Waals surface area (Å²) in [5.74, 6) is -0.514. The molecule has 1 fully saturated rings. The molecule has 0 bridgehead atoms. The van der Waals surface area contributed by atoms with E-state index >= 15 is 0 Å². The average Bonchev–Trinajstić information content (AvgIpc) is 3.52. The van der Waals surface area contributed by atoms with Gasteiger partial charge >= 0.3 is 0 Å². The molecule has 1 aliphatic heterocycles. The zero-order valence-corrected chi connectivity index (χ0v) is 37.5. The topological polar surface area (TPSA) is 92.4 Å². The number of allylic oxidation sites excluding steroid dienone is 2. The fraction of sp³-hybridized carbons (Fsp3) is 0.725. The highest BCUT2D eigenvalue weighted by atomic mass is 79.9. The number of methoxy groups -OCH3 is 2. The van der Waals surface area contributed by atoms with Crippen molar-refractivity contribution >= 4 is 38.6 Å². The summed E-state index contributed by atoms with van der Waals surface area (Å²) in [5.41, 5.74) is 4.33. The van der Waals surface area contributed by atoms with E-state index in [0.29, 0.717) is 48.4 Å². The number of rotatable bonds is 22. The smallest absolute Gasteiger partial charge is 0.200 e. The summed E-state index contributed by atoms with van der Waals surface area (Å²) in [7, 11) is -0.770. The van der Waals surface area contributed by atoms with Crippen molar-refractivity contribution in [3.05, 3.63) is 58.3 Å². The zero-order chi connectivity index (χ0) is 38.4. The van der Waals surface area contributed by atoms with Crippen molar-refractivity contribution < 1.29 is 32.6 Å². The molecule has 2 rings (SSSR count). The molecular weight excluding hydrogens is 743 g/mol. The third-order valence-electron chi connectivity index (χ3n) is 10.9. The van der Waals surface area contributed by atoms with Gasteiger partial charge in [0.2, 0.25) is 8.32 Å². The maximum atomic E-state index is 11.6. The van der Waals surface area contributed by atoms with Crippen LogP contribution in [0.2, 0.25) is 34.8 Å². The third kappa shape index (κ3) is 13.0. The summed E-state index contributed by atoms with van der Waals surface area (Å²) in [6.45, 7) is 25.1. The number of aromatic nitrogens is 1. The Kier molecular flexibility index (Phi) is 19.5. The van der Waals surface area contributed by atoms with Crippen LogP contribution >= 0.6 is 15.9 Å². The molecule has 5 atom stereocenters. The number of aliphatic hydroxyl groups is 1. The zero-order valence-electron chi connectivity index (χ0n) is 34.0. The summed E-state index contributed by atoms with van der Waals surface area (Å²) in [4.78, 5) is 6.74. The molecule has 1 saturated heterocycles. The fourth-order valence-electron chi connectivity index (χ4n) is 7.89. The van der Waals surface area contributed by atoms with Crippen molar-refractivity contribution in [1.82, 2.24) is 4.98 Å². The van der Waals surface area contributed by atoms with Crippen LogP contribution in [-0.4, -0.2) is 77.8 Å². The first-order valence-corrected chi connectivity index (χ1v) is 24.7. The molecule has 1 N–H and O–H groups in total. The normalized spacial score (nSPS) is 22.7. The van der Waals surface area contributed by atoms with Crippen LogP contribution in [0, 0.1) is 0 Å². The van der Waals surface area contributed by atoms with Gasteiger partial charge in [0.05, 0.1) is 37.4 Å². The van der Waals surface area contributed by atoms with E-state index in [9.17, 15) is 5.11 Å². The van der Waals surface area contributed by atoms with Crippen LogP contribution in [0.3, 0.4) is 0 Å². The second kappa shape index (κ2) is 21.7. The Morgan fingerprint density at radius 1 is 1.06 bits per heavy atom. The van der Waals surface area contributed by atoms with Gasteiger partial charge in [-0.1, -0.05) is 108 Å². The molecule has 11 heteroatoms. The Morgan fingerprint density at radius 3 is 2.22 bits per heavy atom. The minimum atomic E-state index is -2.19. The van der Waals surface area contributed by atoms with Crippen LogP contribution in [0.1, 0.15) is 107 Å². The van der Waals surface area contributed by atoms with Gasteiger partial charge in [0, 0.05) is 27.1 Å². The van der Waals surface area contributed by atoms with Gasteiger partial charge < -0.3 is 32.6 Å². The van der Waals surface area contributed by atoms with Crippen LogP contribution < -0.4 is 0 Å². The van der Waals surface area contributed by atoms with Gasteiger partial charge in [-0.05, 0) is 71.7 Å². The van der Waals surface area contributed by atoms with E-state index in [1.807, 2.05) is 36.2 Å². The monoisotopic (exact) mass is 811 g/mol. The molecule has 0 aromatic carbocycles. The maximum Gasteiger partial charge on any atom is 0.200 e. The van der Waals surface area contributed by atoms with E-state index in [1.165, 1.54) is 0 Å². The lowest BCUT2D eigenvalue weighted by Crippen LogP contribution is -2.57. The number of nitrogens with zero attached hydrogens (tertiary/aromatic N) is 1. The van der Waals surface area contributed by atoms with Gasteiger partial charge in [-0.15, -0.1) is 0 Å². The highest BCUT2D eigenvalue weighted by Gasteiger charge is 2.50. The van der Waals surface area contributed by atoms with Crippen molar-refractivity contribution in [2.45, 2.75) is 167 Å². The molecule has 2 heterocycles. The molecule has 292 valence electrons. The SMILES string of the molecule is CC[Si](CC)(CC)O[C@@]1(Cc2nc(/C=C(\C)CO[Si](C(C)C)(C(C)C)C(C)C)co2)C[C@H](OC)C[C@H]([C@H](O)/C=C(C)/C=C/[C@@H](C/C=C/Br)OC)O1. The number of ether oxygens (including phenoxy) is 3. The van der Waals surface area contributed by atoms with Crippen LogP contribution in [0.4, 0.5) is 0 Å². The minimum absolute atomic E-state index is 0.0632. The van der Waals surface area contributed by atoms with Gasteiger partial charge in [-0.2, -0.15) is 0 Å². The standard InChI is InChI=1S/C40H70BrNO7Si2/c1-14-50(15-2,16-3)49-40(25-36(45-13)24-38(48-40)37(43)23-32(10)19-20-35(44-12)18-17-21-41)26-39-42-34(28-46-39)22-33(11)27-47-51(29(4)5,30(6)7)31(8)9/h17,19-23,28-31,35-38,43H,14-16,18,24-27H2,1-13H3/b20-19+,21-17+,32-23+,33-22+/t35-,36-,37-,38-,40-/m1/s1. The van der Waals surface area contributed by atoms with E-state index in [2.05, 4.69) is 91.2 Å². The van der Waals surface area contributed by atoms with E-state index in [4.69, 9.17) is 32.5 Å². The van der Waals surface area contributed by atoms with Crippen LogP contribution in [0.15, 0.2) is 51.1 Å². The average molecular weight is 813 g/mol. The van der Waals surface area contributed by atoms with Gasteiger partial charge in [-0.25, -0.2) is 4.98 Å². The Hall–Kier alpha value is -1.16. The number of halogens is 1. The predicted octanol–water partition coefficient (Wildman–Crippen LogP) is 10.9. The van der Waals surface area contributed by atoms with Crippen molar-refractivity contribution in [1.29, 1.82) is 0 Å². The molecule has 0 amide bonds. The fourth-order valence-corrected chi connectivity index (χ4v) is 16.5. The summed E-state index contributed by atoms with van der Waals surface area (Å²) < 4.78 is 38.6. The number of hydrogen-bond donors (Lipinski definition) is 1. The van der Waals surface area contributed by atoms with E-state index in [0.717, 1.165) is 41.4 Å². The number of aliphatic hydroxyl groups excluding tert-OH is 1. The Labute approximate surface area is 320 Å². The quantitative estimate of drug-likeness (QED) is 0.0914. The van der Waals surface area contributed by atoms with Gasteiger partial charge in [-0.3, -0.25) is 0 Å². The molecule has 0 spiro atoms. The first-order chi connectivity index (χ1) is 24.1. The van der Waals surface area contributed by atoms with Gasteiger partial charge in [0.25, 0.3) is 0 Å². The molecule has 1 aromatic heterocycles. The molecule has 1 aliphatic rings. The van der Waals surface area contributed by atoms with Crippen LogP contribution in [-0.2, 0) is 29.5 Å². The van der Waals surface area contributed by atoms with Gasteiger partial charge in [0.1, 0.15) is 12.0 Å². The first-order valence-electron chi connectivity index (χ1n) is 19.1. The summed E-state index contributed by atoms with van der Waals surface area (Å²) in [5, 5.41) is 11.6. The summed E-state index contributed by atoms with van der Waals surface area (Å²) in [6, 6.07) is 2.87. The highest BCUT2D eigenvalue weighted by molar-refractivity contribution is 9.11. The molecule has 1 aromatic rings. The lowest BCUT2D eigenvalue weighted by atomic mass is 9.92. The second-order valence-electron chi connectivity index (χ2n) is 15.3. The van der Waals surface area contributed by atoms with E-state index < -0.39 is 34.6 Å². The summed E-state index contributed by atoms with van der Waals surface area (Å²) >= 11 is 3.32. The molecular formula is C40H70BrNO7Si2. The summed E-state index contributed by atoms with van der Waals surface area (Å²) in [6.07, 6.45) is 12.1.